The number of hydrogen-bond acceptors (Lipinski definition) is 7. The molecule has 2 aromatic carbocycles. The van der Waals surface area contributed by atoms with Crippen molar-refractivity contribution in [3.05, 3.63) is 59.1 Å². The van der Waals surface area contributed by atoms with E-state index in [0.717, 1.165) is 5.69 Å². The fourth-order valence-electron chi connectivity index (χ4n) is 3.44. The molecule has 3 aromatic rings. The highest BCUT2D eigenvalue weighted by Crippen LogP contribution is 2.25. The molecule has 32 heavy (non-hydrogen) atoms. The van der Waals surface area contributed by atoms with Crippen molar-refractivity contribution in [3.8, 4) is 17.1 Å². The molecule has 1 aromatic heterocycles. The standard InChI is InChI=1S/C22H22N4O6/c1-13(18-21(28)26(11-12-31-18)16-7-9-17(30-2)10-8-16)20(27)23-15-5-3-14(4-6-15)19-24-22(29)32-25-19/h3-10,13,18H,11-12H2,1-2H3,(H,23,27)(H,24,25,29). The molecule has 1 saturated heterocycles. The molecule has 2 atom stereocenters. The zero-order valence-electron chi connectivity index (χ0n) is 17.5. The third-order valence-electron chi connectivity index (χ3n) is 5.24. The Balaban J connectivity index is 1.42. The van der Waals surface area contributed by atoms with Crippen LogP contribution in [-0.2, 0) is 14.3 Å². The maximum Gasteiger partial charge on any atom is 0.439 e. The largest absolute Gasteiger partial charge is 0.497 e. The molecular weight excluding hydrogens is 416 g/mol. The Labute approximate surface area is 183 Å². The highest BCUT2D eigenvalue weighted by Gasteiger charge is 2.37. The van der Waals surface area contributed by atoms with Crippen LogP contribution in [0.5, 0.6) is 5.75 Å². The number of ether oxygens (including phenoxy) is 2. The normalized spacial score (nSPS) is 17.1. The number of amides is 2. The van der Waals surface area contributed by atoms with E-state index in [2.05, 4.69) is 20.0 Å². The van der Waals surface area contributed by atoms with Gasteiger partial charge >= 0.3 is 5.76 Å². The number of anilines is 2. The minimum Gasteiger partial charge on any atom is -0.497 e. The molecule has 10 nitrogen and oxygen atoms in total. The fraction of sp³-hybridized carbons (Fsp3) is 0.273. The Morgan fingerprint density at radius 3 is 2.53 bits per heavy atom. The van der Waals surface area contributed by atoms with Crippen molar-refractivity contribution >= 4 is 23.2 Å². The molecule has 1 aliphatic rings. The minimum absolute atomic E-state index is 0.269. The molecule has 10 heteroatoms. The molecule has 0 aliphatic carbocycles. The molecule has 0 spiro atoms. The average Bonchev–Trinajstić information content (AvgIpc) is 3.25. The fourth-order valence-corrected chi connectivity index (χ4v) is 3.44. The van der Waals surface area contributed by atoms with Gasteiger partial charge in [0.2, 0.25) is 5.91 Å². The second kappa shape index (κ2) is 9.06. The number of hydrogen-bond donors (Lipinski definition) is 2. The second-order valence-corrected chi connectivity index (χ2v) is 7.28. The molecule has 166 valence electrons. The van der Waals surface area contributed by atoms with Gasteiger partial charge < -0.3 is 19.7 Å². The number of benzene rings is 2. The summed E-state index contributed by atoms with van der Waals surface area (Å²) in [6.45, 7) is 2.39. The van der Waals surface area contributed by atoms with Gasteiger partial charge in [0.1, 0.15) is 11.9 Å². The van der Waals surface area contributed by atoms with Crippen molar-refractivity contribution in [2.45, 2.75) is 13.0 Å². The number of carbonyl (C=O) groups excluding carboxylic acids is 2. The van der Waals surface area contributed by atoms with Crippen LogP contribution in [0.15, 0.2) is 57.8 Å². The van der Waals surface area contributed by atoms with Gasteiger partial charge in [-0.15, -0.1) is 0 Å². The molecule has 0 bridgehead atoms. The maximum absolute atomic E-state index is 13.0. The zero-order chi connectivity index (χ0) is 22.7. The number of methoxy groups -OCH3 is 1. The molecule has 0 radical (unpaired) electrons. The van der Waals surface area contributed by atoms with Crippen LogP contribution in [-0.4, -0.2) is 48.3 Å². The lowest BCUT2D eigenvalue weighted by Gasteiger charge is -2.34. The monoisotopic (exact) mass is 438 g/mol. The summed E-state index contributed by atoms with van der Waals surface area (Å²) in [5.41, 5.74) is 1.88. The Hall–Kier alpha value is -3.92. The van der Waals surface area contributed by atoms with Gasteiger partial charge in [-0.25, -0.2) is 4.79 Å². The van der Waals surface area contributed by atoms with Crippen molar-refractivity contribution in [3.63, 3.8) is 0 Å². The number of carbonyl (C=O) groups is 2. The van der Waals surface area contributed by atoms with E-state index in [9.17, 15) is 14.4 Å². The summed E-state index contributed by atoms with van der Waals surface area (Å²) in [6, 6.07) is 13.9. The van der Waals surface area contributed by atoms with Gasteiger partial charge in [-0.05, 0) is 48.5 Å². The van der Waals surface area contributed by atoms with E-state index >= 15 is 0 Å². The lowest BCUT2D eigenvalue weighted by molar-refractivity contribution is -0.143. The highest BCUT2D eigenvalue weighted by atomic mass is 16.5. The van der Waals surface area contributed by atoms with Crippen LogP contribution < -0.4 is 20.7 Å². The maximum atomic E-state index is 13.0. The summed E-state index contributed by atoms with van der Waals surface area (Å²) >= 11 is 0. The van der Waals surface area contributed by atoms with Gasteiger partial charge in [0, 0.05) is 23.5 Å². The van der Waals surface area contributed by atoms with Crippen molar-refractivity contribution in [2.24, 2.45) is 5.92 Å². The highest BCUT2D eigenvalue weighted by molar-refractivity contribution is 6.02. The van der Waals surface area contributed by atoms with E-state index in [1.165, 1.54) is 0 Å². The molecule has 2 heterocycles. The van der Waals surface area contributed by atoms with Gasteiger partial charge in [-0.2, -0.15) is 0 Å². The van der Waals surface area contributed by atoms with Crippen LogP contribution in [0, 0.1) is 5.92 Å². The van der Waals surface area contributed by atoms with E-state index in [1.807, 2.05) is 0 Å². The third-order valence-corrected chi connectivity index (χ3v) is 5.24. The number of rotatable bonds is 6. The van der Waals surface area contributed by atoms with Crippen molar-refractivity contribution in [2.75, 3.05) is 30.5 Å². The molecule has 2 unspecified atom stereocenters. The topological polar surface area (TPSA) is 127 Å². The lowest BCUT2D eigenvalue weighted by Crippen LogP contribution is -2.52. The Morgan fingerprint density at radius 1 is 1.19 bits per heavy atom. The molecule has 4 rings (SSSR count). The first kappa shape index (κ1) is 21.3. The van der Waals surface area contributed by atoms with Crippen LogP contribution in [0.3, 0.4) is 0 Å². The van der Waals surface area contributed by atoms with Gasteiger partial charge in [0.25, 0.3) is 5.91 Å². The molecule has 2 N–H and O–H groups in total. The van der Waals surface area contributed by atoms with Gasteiger partial charge in [0.15, 0.2) is 5.82 Å². The van der Waals surface area contributed by atoms with Gasteiger partial charge in [-0.1, -0.05) is 12.1 Å². The Kier molecular flexibility index (Phi) is 6.04. The van der Waals surface area contributed by atoms with E-state index in [0.29, 0.717) is 36.0 Å². The molecule has 1 aliphatic heterocycles. The average molecular weight is 438 g/mol. The predicted octanol–water partition coefficient (Wildman–Crippen LogP) is 2.05. The van der Waals surface area contributed by atoms with Crippen LogP contribution in [0.25, 0.3) is 11.4 Å². The molecule has 2 amide bonds. The molecule has 1 fully saturated rings. The zero-order valence-corrected chi connectivity index (χ0v) is 17.5. The third kappa shape index (κ3) is 4.40. The number of morpholine rings is 1. The Morgan fingerprint density at radius 2 is 1.91 bits per heavy atom. The van der Waals surface area contributed by atoms with Crippen molar-refractivity contribution in [1.29, 1.82) is 0 Å². The van der Waals surface area contributed by atoms with Gasteiger partial charge in [-0.3, -0.25) is 19.1 Å². The van der Waals surface area contributed by atoms with E-state index < -0.39 is 17.8 Å². The number of H-pyrrole nitrogens is 1. The van der Waals surface area contributed by atoms with Crippen molar-refractivity contribution < 1.29 is 23.6 Å². The SMILES string of the molecule is COc1ccc(N2CCOC(C(C)C(=O)Nc3ccc(-c4noc(=O)[nH]4)cc3)C2=O)cc1. The summed E-state index contributed by atoms with van der Waals surface area (Å²) in [6.07, 6.45) is -0.898. The predicted molar refractivity (Wildman–Crippen MR) is 115 cm³/mol. The minimum atomic E-state index is -0.898. The number of nitrogens with zero attached hydrogens (tertiary/aromatic N) is 2. The molecular formula is C22H22N4O6. The van der Waals surface area contributed by atoms with E-state index in [4.69, 9.17) is 9.47 Å². The Bertz CT molecular complexity index is 1150. The van der Waals surface area contributed by atoms with Crippen molar-refractivity contribution in [1.82, 2.24) is 10.1 Å². The van der Waals surface area contributed by atoms with E-state index in [-0.39, 0.29) is 11.8 Å². The quantitative estimate of drug-likeness (QED) is 0.603. The summed E-state index contributed by atoms with van der Waals surface area (Å²) in [5.74, 6) is -0.986. The summed E-state index contributed by atoms with van der Waals surface area (Å²) < 4.78 is 15.3. The molecule has 0 saturated carbocycles. The number of nitrogens with one attached hydrogen (secondary N) is 2. The smallest absolute Gasteiger partial charge is 0.439 e. The van der Waals surface area contributed by atoms with Crippen LogP contribution in [0.1, 0.15) is 6.92 Å². The van der Waals surface area contributed by atoms with Crippen LogP contribution >= 0.6 is 0 Å². The first-order valence-electron chi connectivity index (χ1n) is 10.0. The number of aromatic amines is 1. The van der Waals surface area contributed by atoms with Crippen LogP contribution in [0.2, 0.25) is 0 Å². The van der Waals surface area contributed by atoms with Crippen LogP contribution in [0.4, 0.5) is 11.4 Å². The summed E-state index contributed by atoms with van der Waals surface area (Å²) in [7, 11) is 1.58. The van der Waals surface area contributed by atoms with Gasteiger partial charge in [0.05, 0.1) is 19.6 Å². The summed E-state index contributed by atoms with van der Waals surface area (Å²) in [4.78, 5) is 41.0. The second-order valence-electron chi connectivity index (χ2n) is 7.28. The lowest BCUT2D eigenvalue weighted by atomic mass is 10.0. The summed E-state index contributed by atoms with van der Waals surface area (Å²) in [5, 5.41) is 6.41. The van der Waals surface area contributed by atoms with E-state index in [1.54, 1.807) is 67.5 Å². The first-order chi connectivity index (χ1) is 15.5. The first-order valence-corrected chi connectivity index (χ1v) is 10.0. The number of aromatic nitrogens is 2.